The second-order valence-electron chi connectivity index (χ2n) is 5.49. The van der Waals surface area contributed by atoms with Crippen molar-refractivity contribution in [3.63, 3.8) is 0 Å². The Balaban J connectivity index is 2.41. The van der Waals surface area contributed by atoms with Gasteiger partial charge < -0.3 is 10.6 Å². The lowest BCUT2D eigenvalue weighted by molar-refractivity contribution is 0.373. The number of nitrogens with zero attached hydrogens (tertiary/aromatic N) is 3. The van der Waals surface area contributed by atoms with Crippen LogP contribution in [-0.4, -0.2) is 28.2 Å². The molecule has 0 aromatic carbocycles. The zero-order chi connectivity index (χ0) is 13.4. The van der Waals surface area contributed by atoms with Crippen molar-refractivity contribution in [1.82, 2.24) is 9.78 Å². The summed E-state index contributed by atoms with van der Waals surface area (Å²) in [5, 5.41) is 12.2. The maximum absolute atomic E-state index is 7.75. The minimum atomic E-state index is 0.112. The van der Waals surface area contributed by atoms with E-state index in [2.05, 4.69) is 23.8 Å². The molecule has 1 aromatic heterocycles. The van der Waals surface area contributed by atoms with E-state index in [4.69, 9.17) is 11.1 Å². The average Bonchev–Trinajstić information content (AvgIpc) is 2.53. The molecule has 0 bridgehead atoms. The molecule has 0 saturated carbocycles. The Bertz CT molecular complexity index is 462. The minimum Gasteiger partial charge on any atom is -0.384 e. The molecule has 5 heteroatoms. The summed E-state index contributed by atoms with van der Waals surface area (Å²) < 4.78 is 1.86. The third-order valence-electron chi connectivity index (χ3n) is 3.87. The molecule has 1 aliphatic heterocycles. The summed E-state index contributed by atoms with van der Waals surface area (Å²) in [5.74, 6) is 1.88. The van der Waals surface area contributed by atoms with Gasteiger partial charge in [-0.2, -0.15) is 5.10 Å². The molecule has 1 fully saturated rings. The van der Waals surface area contributed by atoms with Gasteiger partial charge in [-0.25, -0.2) is 0 Å². The van der Waals surface area contributed by atoms with E-state index in [0.717, 1.165) is 29.5 Å². The zero-order valence-electron chi connectivity index (χ0n) is 11.7. The van der Waals surface area contributed by atoms with E-state index in [9.17, 15) is 0 Å². The summed E-state index contributed by atoms with van der Waals surface area (Å²) in [4.78, 5) is 2.34. The summed E-state index contributed by atoms with van der Waals surface area (Å²) >= 11 is 0. The SMILES string of the molecule is Cc1nn(C)c(N2CCC(C)CC2C)c1C(=N)N. The van der Waals surface area contributed by atoms with Crippen molar-refractivity contribution in [2.24, 2.45) is 18.7 Å². The zero-order valence-corrected chi connectivity index (χ0v) is 11.7. The minimum absolute atomic E-state index is 0.112. The van der Waals surface area contributed by atoms with E-state index < -0.39 is 0 Å². The van der Waals surface area contributed by atoms with E-state index in [-0.39, 0.29) is 5.84 Å². The molecule has 100 valence electrons. The normalized spacial score (nSPS) is 24.3. The van der Waals surface area contributed by atoms with Crippen LogP contribution in [0, 0.1) is 18.3 Å². The maximum Gasteiger partial charge on any atom is 0.138 e. The Labute approximate surface area is 108 Å². The van der Waals surface area contributed by atoms with Gasteiger partial charge >= 0.3 is 0 Å². The fourth-order valence-corrected chi connectivity index (χ4v) is 3.01. The van der Waals surface area contributed by atoms with Crippen molar-refractivity contribution in [3.8, 4) is 0 Å². The Morgan fingerprint density at radius 1 is 1.44 bits per heavy atom. The van der Waals surface area contributed by atoms with Crippen LogP contribution in [0.15, 0.2) is 0 Å². The lowest BCUT2D eigenvalue weighted by Gasteiger charge is -2.38. The molecule has 0 amide bonds. The van der Waals surface area contributed by atoms with Gasteiger partial charge in [0.1, 0.15) is 11.7 Å². The van der Waals surface area contributed by atoms with Crippen molar-refractivity contribution in [2.45, 2.75) is 39.7 Å². The van der Waals surface area contributed by atoms with Crippen LogP contribution in [0.25, 0.3) is 0 Å². The number of nitrogen functional groups attached to an aromatic ring is 1. The van der Waals surface area contributed by atoms with Gasteiger partial charge in [0.2, 0.25) is 0 Å². The number of aromatic nitrogens is 2. The standard InChI is InChI=1S/C13H23N5/c1-8-5-6-18(9(2)7-8)13-11(12(14)15)10(3)16-17(13)4/h8-9H,5-7H2,1-4H3,(H3,14,15). The van der Waals surface area contributed by atoms with Crippen LogP contribution < -0.4 is 10.6 Å². The lowest BCUT2D eigenvalue weighted by Crippen LogP contribution is -2.42. The highest BCUT2D eigenvalue weighted by Gasteiger charge is 2.28. The van der Waals surface area contributed by atoms with E-state index in [1.54, 1.807) is 0 Å². The molecule has 2 atom stereocenters. The molecule has 0 aliphatic carbocycles. The molecule has 3 N–H and O–H groups in total. The van der Waals surface area contributed by atoms with E-state index >= 15 is 0 Å². The number of aryl methyl sites for hydroxylation is 2. The van der Waals surface area contributed by atoms with Gasteiger partial charge in [-0.05, 0) is 32.6 Å². The molecule has 0 spiro atoms. The van der Waals surface area contributed by atoms with Gasteiger partial charge in [-0.3, -0.25) is 10.1 Å². The number of rotatable bonds is 2. The first-order valence-corrected chi connectivity index (χ1v) is 6.56. The Hall–Kier alpha value is -1.52. The lowest BCUT2D eigenvalue weighted by atomic mass is 9.93. The monoisotopic (exact) mass is 249 g/mol. The number of anilines is 1. The van der Waals surface area contributed by atoms with E-state index in [1.807, 2.05) is 18.7 Å². The van der Waals surface area contributed by atoms with Crippen LogP contribution in [0.5, 0.6) is 0 Å². The van der Waals surface area contributed by atoms with Crippen molar-refractivity contribution >= 4 is 11.7 Å². The average molecular weight is 249 g/mol. The van der Waals surface area contributed by atoms with Crippen LogP contribution in [-0.2, 0) is 7.05 Å². The molecule has 2 heterocycles. The molecular weight excluding hydrogens is 226 g/mol. The van der Waals surface area contributed by atoms with Crippen molar-refractivity contribution in [2.75, 3.05) is 11.4 Å². The quantitative estimate of drug-likeness (QED) is 0.618. The number of amidine groups is 1. The molecule has 1 aromatic rings. The molecule has 0 radical (unpaired) electrons. The van der Waals surface area contributed by atoms with Gasteiger partial charge in [0.15, 0.2) is 0 Å². The summed E-state index contributed by atoms with van der Waals surface area (Å²) in [7, 11) is 1.93. The molecule has 18 heavy (non-hydrogen) atoms. The molecular formula is C13H23N5. The third kappa shape index (κ3) is 2.09. The predicted molar refractivity (Wildman–Crippen MR) is 74.2 cm³/mol. The van der Waals surface area contributed by atoms with E-state index in [0.29, 0.717) is 6.04 Å². The summed E-state index contributed by atoms with van der Waals surface area (Å²) in [5.41, 5.74) is 7.34. The Morgan fingerprint density at radius 2 is 2.11 bits per heavy atom. The number of hydrogen-bond donors (Lipinski definition) is 2. The van der Waals surface area contributed by atoms with Gasteiger partial charge in [0, 0.05) is 19.6 Å². The van der Waals surface area contributed by atoms with Crippen molar-refractivity contribution in [1.29, 1.82) is 5.41 Å². The van der Waals surface area contributed by atoms with Gasteiger partial charge in [-0.15, -0.1) is 0 Å². The largest absolute Gasteiger partial charge is 0.384 e. The molecule has 5 nitrogen and oxygen atoms in total. The first-order chi connectivity index (χ1) is 8.41. The highest BCUT2D eigenvalue weighted by molar-refractivity contribution is 6.01. The second kappa shape index (κ2) is 4.63. The van der Waals surface area contributed by atoms with Gasteiger partial charge in [0.05, 0.1) is 11.3 Å². The van der Waals surface area contributed by atoms with Gasteiger partial charge in [-0.1, -0.05) is 6.92 Å². The number of nitrogens with one attached hydrogen (secondary N) is 1. The number of hydrogen-bond acceptors (Lipinski definition) is 3. The molecule has 1 saturated heterocycles. The first-order valence-electron chi connectivity index (χ1n) is 6.56. The predicted octanol–water partition coefficient (Wildman–Crippen LogP) is 1.64. The first kappa shape index (κ1) is 12.9. The smallest absolute Gasteiger partial charge is 0.138 e. The summed E-state index contributed by atoms with van der Waals surface area (Å²) in [6, 6.07) is 0.474. The molecule has 2 unspecified atom stereocenters. The van der Waals surface area contributed by atoms with Crippen LogP contribution in [0.3, 0.4) is 0 Å². The highest BCUT2D eigenvalue weighted by atomic mass is 15.4. The Kier molecular flexibility index (Phi) is 3.32. The van der Waals surface area contributed by atoms with Crippen LogP contribution in [0.1, 0.15) is 37.9 Å². The van der Waals surface area contributed by atoms with Crippen LogP contribution in [0.4, 0.5) is 5.82 Å². The Morgan fingerprint density at radius 3 is 2.67 bits per heavy atom. The summed E-state index contributed by atoms with van der Waals surface area (Å²) in [6.45, 7) is 7.47. The second-order valence-corrected chi connectivity index (χ2v) is 5.49. The maximum atomic E-state index is 7.75. The highest BCUT2D eigenvalue weighted by Crippen LogP contribution is 2.31. The van der Waals surface area contributed by atoms with Gasteiger partial charge in [0.25, 0.3) is 0 Å². The molecule has 1 aliphatic rings. The third-order valence-corrected chi connectivity index (χ3v) is 3.87. The van der Waals surface area contributed by atoms with Crippen LogP contribution in [0.2, 0.25) is 0 Å². The molecule has 2 rings (SSSR count). The fourth-order valence-electron chi connectivity index (χ4n) is 3.01. The van der Waals surface area contributed by atoms with Crippen molar-refractivity contribution < 1.29 is 0 Å². The number of piperidine rings is 1. The van der Waals surface area contributed by atoms with Crippen LogP contribution >= 0.6 is 0 Å². The van der Waals surface area contributed by atoms with E-state index in [1.165, 1.54) is 12.8 Å². The fraction of sp³-hybridized carbons (Fsp3) is 0.692. The number of nitrogens with two attached hydrogens (primary N) is 1. The van der Waals surface area contributed by atoms with Crippen molar-refractivity contribution in [3.05, 3.63) is 11.3 Å². The summed E-state index contributed by atoms with van der Waals surface area (Å²) in [6.07, 6.45) is 2.37. The topological polar surface area (TPSA) is 70.9 Å².